The van der Waals surface area contributed by atoms with E-state index in [1.54, 1.807) is 11.3 Å². The van der Waals surface area contributed by atoms with Gasteiger partial charge in [0.15, 0.2) is 5.82 Å². The highest BCUT2D eigenvalue weighted by molar-refractivity contribution is 7.15. The number of hydrogen-bond donors (Lipinski definition) is 2. The summed E-state index contributed by atoms with van der Waals surface area (Å²) in [5.41, 5.74) is 6.50. The van der Waals surface area contributed by atoms with Crippen molar-refractivity contribution in [2.24, 2.45) is 5.73 Å². The Labute approximate surface area is 98.1 Å². The number of nitrogens with one attached hydrogen (secondary N) is 1. The second kappa shape index (κ2) is 4.71. The van der Waals surface area contributed by atoms with Gasteiger partial charge >= 0.3 is 0 Å². The molecule has 0 radical (unpaired) electrons. The first-order valence-electron chi connectivity index (χ1n) is 5.32. The van der Waals surface area contributed by atoms with Crippen LogP contribution in [0.3, 0.4) is 0 Å². The molecule has 16 heavy (non-hydrogen) atoms. The predicted octanol–water partition coefficient (Wildman–Crippen LogP) is 1.30. The normalized spacial score (nSPS) is 10.9. The maximum Gasteiger partial charge on any atom is 0.193 e. The predicted molar refractivity (Wildman–Crippen MR) is 64.4 cm³/mol. The fourth-order valence-corrected chi connectivity index (χ4v) is 2.46. The SMILES string of the molecule is CCc1nc(-c2sc(CCN)nc2C)n[nH]1. The van der Waals surface area contributed by atoms with Crippen molar-refractivity contribution in [3.05, 3.63) is 16.5 Å². The number of hydrogen-bond acceptors (Lipinski definition) is 5. The molecular formula is C10H15N5S. The van der Waals surface area contributed by atoms with Crippen LogP contribution in [0.25, 0.3) is 10.7 Å². The minimum absolute atomic E-state index is 0.626. The monoisotopic (exact) mass is 237 g/mol. The van der Waals surface area contributed by atoms with Crippen molar-refractivity contribution in [1.29, 1.82) is 0 Å². The van der Waals surface area contributed by atoms with Crippen LogP contribution in [-0.4, -0.2) is 26.7 Å². The molecule has 0 spiro atoms. The molecule has 0 fully saturated rings. The molecule has 2 aromatic rings. The van der Waals surface area contributed by atoms with Gasteiger partial charge in [-0.2, -0.15) is 5.10 Å². The van der Waals surface area contributed by atoms with Crippen molar-refractivity contribution in [2.45, 2.75) is 26.7 Å². The topological polar surface area (TPSA) is 80.5 Å². The Balaban J connectivity index is 2.32. The average Bonchev–Trinajstić information content (AvgIpc) is 2.85. The number of H-pyrrole nitrogens is 1. The van der Waals surface area contributed by atoms with Crippen LogP contribution in [0.5, 0.6) is 0 Å². The van der Waals surface area contributed by atoms with E-state index in [0.29, 0.717) is 6.54 Å². The van der Waals surface area contributed by atoms with Crippen LogP contribution in [0.1, 0.15) is 23.4 Å². The smallest absolute Gasteiger partial charge is 0.193 e. The molecule has 0 aliphatic carbocycles. The van der Waals surface area contributed by atoms with Crippen LogP contribution in [0.15, 0.2) is 0 Å². The van der Waals surface area contributed by atoms with E-state index in [1.165, 1.54) is 0 Å². The first kappa shape index (κ1) is 11.2. The van der Waals surface area contributed by atoms with E-state index in [2.05, 4.69) is 20.2 Å². The molecule has 2 rings (SSSR count). The third-order valence-electron chi connectivity index (χ3n) is 2.27. The van der Waals surface area contributed by atoms with Crippen LogP contribution < -0.4 is 5.73 Å². The summed E-state index contributed by atoms with van der Waals surface area (Å²) in [6.45, 7) is 4.65. The van der Waals surface area contributed by atoms with Crippen molar-refractivity contribution in [2.75, 3.05) is 6.54 Å². The number of nitrogens with two attached hydrogens (primary N) is 1. The second-order valence-electron chi connectivity index (χ2n) is 3.52. The third-order valence-corrected chi connectivity index (χ3v) is 3.48. The van der Waals surface area contributed by atoms with Crippen molar-refractivity contribution in [3.8, 4) is 10.7 Å². The van der Waals surface area contributed by atoms with Gasteiger partial charge in [0.1, 0.15) is 5.82 Å². The molecule has 2 heterocycles. The number of thiazole rings is 1. The van der Waals surface area contributed by atoms with Crippen LogP contribution >= 0.6 is 11.3 Å². The largest absolute Gasteiger partial charge is 0.330 e. The van der Waals surface area contributed by atoms with E-state index in [1.807, 2.05) is 13.8 Å². The molecule has 0 atom stereocenters. The summed E-state index contributed by atoms with van der Waals surface area (Å²) in [4.78, 5) is 9.90. The minimum Gasteiger partial charge on any atom is -0.330 e. The third kappa shape index (κ3) is 2.12. The Morgan fingerprint density at radius 1 is 1.38 bits per heavy atom. The molecule has 86 valence electrons. The fourth-order valence-electron chi connectivity index (χ4n) is 1.45. The molecule has 0 bridgehead atoms. The van der Waals surface area contributed by atoms with Gasteiger partial charge in [-0.1, -0.05) is 6.92 Å². The van der Waals surface area contributed by atoms with E-state index in [9.17, 15) is 0 Å². The Morgan fingerprint density at radius 2 is 2.19 bits per heavy atom. The van der Waals surface area contributed by atoms with E-state index in [4.69, 9.17) is 5.73 Å². The molecule has 0 aliphatic heterocycles. The average molecular weight is 237 g/mol. The highest BCUT2D eigenvalue weighted by Crippen LogP contribution is 2.27. The van der Waals surface area contributed by atoms with Gasteiger partial charge in [0, 0.05) is 12.8 Å². The molecule has 0 unspecified atom stereocenters. The van der Waals surface area contributed by atoms with Gasteiger partial charge in [-0.3, -0.25) is 5.10 Å². The van der Waals surface area contributed by atoms with Crippen LogP contribution in [-0.2, 0) is 12.8 Å². The van der Waals surface area contributed by atoms with Gasteiger partial charge in [-0.15, -0.1) is 11.3 Å². The molecular weight excluding hydrogens is 222 g/mol. The number of rotatable bonds is 4. The summed E-state index contributed by atoms with van der Waals surface area (Å²) >= 11 is 1.62. The molecule has 0 saturated heterocycles. The zero-order valence-corrected chi connectivity index (χ0v) is 10.3. The van der Waals surface area contributed by atoms with Crippen LogP contribution in [0.4, 0.5) is 0 Å². The number of nitrogens with zero attached hydrogens (tertiary/aromatic N) is 3. The highest BCUT2D eigenvalue weighted by atomic mass is 32.1. The van der Waals surface area contributed by atoms with Crippen molar-refractivity contribution >= 4 is 11.3 Å². The van der Waals surface area contributed by atoms with Gasteiger partial charge in [0.2, 0.25) is 0 Å². The summed E-state index contributed by atoms with van der Waals surface area (Å²) < 4.78 is 0. The minimum atomic E-state index is 0.626. The Hall–Kier alpha value is -1.27. The summed E-state index contributed by atoms with van der Waals surface area (Å²) in [6, 6.07) is 0. The standard InChI is InChI=1S/C10H15N5S/c1-3-7-13-10(15-14-7)9-6(2)12-8(16-9)4-5-11/h3-5,11H2,1-2H3,(H,13,14,15). The van der Waals surface area contributed by atoms with Crippen LogP contribution in [0.2, 0.25) is 0 Å². The summed E-state index contributed by atoms with van der Waals surface area (Å²) in [5, 5.41) is 8.16. The Kier molecular flexibility index (Phi) is 3.31. The molecule has 6 heteroatoms. The molecule has 0 saturated carbocycles. The van der Waals surface area contributed by atoms with E-state index in [-0.39, 0.29) is 0 Å². The molecule has 0 aliphatic rings. The van der Waals surface area contributed by atoms with Crippen molar-refractivity contribution < 1.29 is 0 Å². The van der Waals surface area contributed by atoms with Crippen molar-refractivity contribution in [3.63, 3.8) is 0 Å². The number of aryl methyl sites for hydroxylation is 2. The highest BCUT2D eigenvalue weighted by Gasteiger charge is 2.13. The first-order valence-corrected chi connectivity index (χ1v) is 6.14. The quantitative estimate of drug-likeness (QED) is 0.840. The molecule has 3 N–H and O–H groups in total. The van der Waals surface area contributed by atoms with E-state index >= 15 is 0 Å². The fraction of sp³-hybridized carbons (Fsp3) is 0.500. The Bertz CT molecular complexity index is 473. The maximum absolute atomic E-state index is 5.51. The summed E-state index contributed by atoms with van der Waals surface area (Å²) in [6.07, 6.45) is 1.68. The molecule has 2 aromatic heterocycles. The van der Waals surface area contributed by atoms with E-state index < -0.39 is 0 Å². The van der Waals surface area contributed by atoms with Crippen molar-refractivity contribution in [1.82, 2.24) is 20.2 Å². The lowest BCUT2D eigenvalue weighted by atomic mass is 10.4. The van der Waals surface area contributed by atoms with Crippen LogP contribution in [0, 0.1) is 6.92 Å². The lowest BCUT2D eigenvalue weighted by Crippen LogP contribution is -2.01. The maximum atomic E-state index is 5.51. The zero-order chi connectivity index (χ0) is 11.5. The van der Waals surface area contributed by atoms with Gasteiger partial charge in [0.05, 0.1) is 15.6 Å². The first-order chi connectivity index (χ1) is 7.74. The molecule has 0 amide bonds. The lowest BCUT2D eigenvalue weighted by molar-refractivity contribution is 0.945. The van der Waals surface area contributed by atoms with Gasteiger partial charge in [-0.25, -0.2) is 9.97 Å². The zero-order valence-electron chi connectivity index (χ0n) is 9.45. The summed E-state index contributed by atoms with van der Waals surface area (Å²) in [5.74, 6) is 1.65. The van der Waals surface area contributed by atoms with Gasteiger partial charge in [-0.05, 0) is 13.5 Å². The Morgan fingerprint density at radius 3 is 2.81 bits per heavy atom. The van der Waals surface area contributed by atoms with E-state index in [0.717, 1.165) is 40.1 Å². The summed E-state index contributed by atoms with van der Waals surface area (Å²) in [7, 11) is 0. The number of aromatic nitrogens is 4. The molecule has 5 nitrogen and oxygen atoms in total. The molecule has 0 aromatic carbocycles. The van der Waals surface area contributed by atoms with Gasteiger partial charge < -0.3 is 5.73 Å². The second-order valence-corrected chi connectivity index (χ2v) is 4.60. The lowest BCUT2D eigenvalue weighted by Gasteiger charge is -1.88. The van der Waals surface area contributed by atoms with Gasteiger partial charge in [0.25, 0.3) is 0 Å². The number of aromatic amines is 1.